The minimum Gasteiger partial charge on any atom is -0.480 e. The molecule has 1 aliphatic carbocycles. The number of aliphatic carboxylic acids is 1. The number of nitrogen functional groups attached to an aromatic ring is 1. The van der Waals surface area contributed by atoms with Crippen molar-refractivity contribution in [2.45, 2.75) is 44.1 Å². The van der Waals surface area contributed by atoms with Crippen molar-refractivity contribution >= 4 is 29.2 Å². The normalized spacial score (nSPS) is 17.8. The first-order chi connectivity index (χ1) is 9.94. The van der Waals surface area contributed by atoms with E-state index in [9.17, 15) is 14.7 Å². The molecule has 0 bridgehead atoms. The molecule has 4 N–H and O–H groups in total. The maximum atomic E-state index is 12.3. The van der Waals surface area contributed by atoms with Crippen LogP contribution in [0.25, 0.3) is 0 Å². The smallest absolute Gasteiger partial charge is 0.329 e. The zero-order valence-corrected chi connectivity index (χ0v) is 12.4. The maximum absolute atomic E-state index is 12.3. The van der Waals surface area contributed by atoms with Crippen molar-refractivity contribution in [3.8, 4) is 0 Å². The van der Waals surface area contributed by atoms with E-state index in [0.717, 1.165) is 25.7 Å². The number of hydrogen-bond donors (Lipinski definition) is 3. The third kappa shape index (κ3) is 3.47. The molecule has 1 saturated carbocycles. The van der Waals surface area contributed by atoms with Gasteiger partial charge in [-0.05, 0) is 31.0 Å². The fourth-order valence-corrected chi connectivity index (χ4v) is 2.86. The molecule has 2 rings (SSSR count). The van der Waals surface area contributed by atoms with Gasteiger partial charge in [0.05, 0.1) is 10.7 Å². The van der Waals surface area contributed by atoms with Gasteiger partial charge >= 0.3 is 5.97 Å². The SMILES string of the molecule is Nc1ccc(C(=O)NC2(C(=O)O)CCCCCC2)cc1Cl. The first-order valence-corrected chi connectivity index (χ1v) is 7.43. The van der Waals surface area contributed by atoms with E-state index in [1.54, 1.807) is 6.07 Å². The molecule has 0 spiro atoms. The van der Waals surface area contributed by atoms with Crippen molar-refractivity contribution in [2.24, 2.45) is 0 Å². The monoisotopic (exact) mass is 310 g/mol. The van der Waals surface area contributed by atoms with Gasteiger partial charge in [-0.15, -0.1) is 0 Å². The second-order valence-electron chi connectivity index (χ2n) is 5.49. The summed E-state index contributed by atoms with van der Waals surface area (Å²) in [6.45, 7) is 0. The molecule has 21 heavy (non-hydrogen) atoms. The molecular formula is C15H19ClN2O3. The van der Waals surface area contributed by atoms with Gasteiger partial charge in [0.2, 0.25) is 0 Å². The van der Waals surface area contributed by atoms with Crippen LogP contribution in [0.2, 0.25) is 5.02 Å². The zero-order chi connectivity index (χ0) is 15.5. The molecule has 0 aromatic heterocycles. The maximum Gasteiger partial charge on any atom is 0.329 e. The summed E-state index contributed by atoms with van der Waals surface area (Å²) in [7, 11) is 0. The Labute approximate surface area is 128 Å². The Bertz CT molecular complexity index is 552. The molecule has 5 nitrogen and oxygen atoms in total. The van der Waals surface area contributed by atoms with E-state index in [-0.39, 0.29) is 5.02 Å². The molecule has 1 aromatic carbocycles. The third-order valence-electron chi connectivity index (χ3n) is 3.98. The largest absolute Gasteiger partial charge is 0.480 e. The summed E-state index contributed by atoms with van der Waals surface area (Å²) < 4.78 is 0. The number of nitrogens with one attached hydrogen (secondary N) is 1. The summed E-state index contributed by atoms with van der Waals surface area (Å²) in [5.41, 5.74) is 5.13. The van der Waals surface area contributed by atoms with Gasteiger partial charge < -0.3 is 16.2 Å². The Morgan fingerprint density at radius 2 is 1.81 bits per heavy atom. The van der Waals surface area contributed by atoms with Crippen LogP contribution in [-0.4, -0.2) is 22.5 Å². The molecule has 0 atom stereocenters. The molecule has 0 saturated heterocycles. The van der Waals surface area contributed by atoms with Gasteiger partial charge in [-0.25, -0.2) is 4.79 Å². The van der Waals surface area contributed by atoms with Crippen LogP contribution >= 0.6 is 11.6 Å². The number of amides is 1. The Morgan fingerprint density at radius 1 is 1.19 bits per heavy atom. The number of rotatable bonds is 3. The predicted octanol–water partition coefficient (Wildman–Crippen LogP) is 2.83. The highest BCUT2D eigenvalue weighted by Gasteiger charge is 2.40. The quantitative estimate of drug-likeness (QED) is 0.591. The Balaban J connectivity index is 2.21. The number of anilines is 1. The van der Waals surface area contributed by atoms with Crippen molar-refractivity contribution in [1.29, 1.82) is 0 Å². The first-order valence-electron chi connectivity index (χ1n) is 7.05. The summed E-state index contributed by atoms with van der Waals surface area (Å²) >= 11 is 5.90. The molecule has 0 heterocycles. The number of halogens is 1. The van der Waals surface area contributed by atoms with E-state index in [4.69, 9.17) is 17.3 Å². The topological polar surface area (TPSA) is 92.4 Å². The number of nitrogens with two attached hydrogens (primary N) is 1. The van der Waals surface area contributed by atoms with E-state index >= 15 is 0 Å². The number of benzene rings is 1. The fourth-order valence-electron chi connectivity index (χ4n) is 2.68. The first kappa shape index (κ1) is 15.6. The van der Waals surface area contributed by atoms with E-state index in [1.807, 2.05) is 0 Å². The van der Waals surface area contributed by atoms with Crippen molar-refractivity contribution in [2.75, 3.05) is 5.73 Å². The number of hydrogen-bond acceptors (Lipinski definition) is 3. The average Bonchev–Trinajstić information content (AvgIpc) is 2.68. The molecule has 1 amide bonds. The number of carboxylic acid groups (broad SMARTS) is 1. The van der Waals surface area contributed by atoms with E-state index < -0.39 is 17.4 Å². The third-order valence-corrected chi connectivity index (χ3v) is 4.31. The molecule has 1 aromatic rings. The van der Waals surface area contributed by atoms with Crippen molar-refractivity contribution < 1.29 is 14.7 Å². The highest BCUT2D eigenvalue weighted by Crippen LogP contribution is 2.28. The van der Waals surface area contributed by atoms with Gasteiger partial charge in [0, 0.05) is 5.56 Å². The minimum atomic E-state index is -1.18. The Morgan fingerprint density at radius 3 is 2.33 bits per heavy atom. The van der Waals surface area contributed by atoms with Gasteiger partial charge in [-0.3, -0.25) is 4.79 Å². The minimum absolute atomic E-state index is 0.285. The molecule has 0 radical (unpaired) electrons. The second kappa shape index (κ2) is 6.35. The van der Waals surface area contributed by atoms with Gasteiger partial charge in [0.1, 0.15) is 5.54 Å². The van der Waals surface area contributed by atoms with Crippen LogP contribution < -0.4 is 11.1 Å². The van der Waals surface area contributed by atoms with Crippen LogP contribution in [0, 0.1) is 0 Å². The van der Waals surface area contributed by atoms with Crippen LogP contribution in [0.4, 0.5) is 5.69 Å². The van der Waals surface area contributed by atoms with E-state index in [1.165, 1.54) is 12.1 Å². The lowest BCUT2D eigenvalue weighted by atomic mass is 9.90. The van der Waals surface area contributed by atoms with E-state index in [0.29, 0.717) is 24.1 Å². The molecular weight excluding hydrogens is 292 g/mol. The van der Waals surface area contributed by atoms with Gasteiger partial charge in [0.15, 0.2) is 0 Å². The Kier molecular flexibility index (Phi) is 4.73. The van der Waals surface area contributed by atoms with Crippen LogP contribution in [0.15, 0.2) is 18.2 Å². The lowest BCUT2D eigenvalue weighted by Gasteiger charge is -2.29. The van der Waals surface area contributed by atoms with Gasteiger partial charge in [0.25, 0.3) is 5.91 Å². The van der Waals surface area contributed by atoms with E-state index in [2.05, 4.69) is 5.32 Å². The number of carbonyl (C=O) groups excluding carboxylic acids is 1. The van der Waals surface area contributed by atoms with Crippen LogP contribution in [-0.2, 0) is 4.79 Å². The summed E-state index contributed by atoms with van der Waals surface area (Å²) in [6, 6.07) is 4.54. The summed E-state index contributed by atoms with van der Waals surface area (Å²) in [5.74, 6) is -1.40. The van der Waals surface area contributed by atoms with Crippen LogP contribution in [0.5, 0.6) is 0 Å². The predicted molar refractivity (Wildman–Crippen MR) is 81.4 cm³/mol. The lowest BCUT2D eigenvalue weighted by Crippen LogP contribution is -2.54. The van der Waals surface area contributed by atoms with Gasteiger partial charge in [-0.1, -0.05) is 37.3 Å². The Hall–Kier alpha value is -1.75. The average molecular weight is 311 g/mol. The second-order valence-corrected chi connectivity index (χ2v) is 5.90. The highest BCUT2D eigenvalue weighted by molar-refractivity contribution is 6.33. The van der Waals surface area contributed by atoms with Crippen molar-refractivity contribution in [3.05, 3.63) is 28.8 Å². The molecule has 6 heteroatoms. The van der Waals surface area contributed by atoms with Gasteiger partial charge in [-0.2, -0.15) is 0 Å². The molecule has 1 aliphatic rings. The van der Waals surface area contributed by atoms with Crippen molar-refractivity contribution in [3.63, 3.8) is 0 Å². The fraction of sp³-hybridized carbons (Fsp3) is 0.467. The lowest BCUT2D eigenvalue weighted by molar-refractivity contribution is -0.145. The molecule has 1 fully saturated rings. The molecule has 0 unspecified atom stereocenters. The zero-order valence-electron chi connectivity index (χ0n) is 11.7. The summed E-state index contributed by atoms with van der Waals surface area (Å²) in [6.07, 6.45) is 4.51. The molecule has 0 aliphatic heterocycles. The number of carbonyl (C=O) groups is 2. The summed E-state index contributed by atoms with van der Waals surface area (Å²) in [4.78, 5) is 24.0. The highest BCUT2D eigenvalue weighted by atomic mass is 35.5. The molecule has 114 valence electrons. The summed E-state index contributed by atoms with van der Waals surface area (Å²) in [5, 5.41) is 12.5. The standard InChI is InChI=1S/C15H19ClN2O3/c16-11-9-10(5-6-12(11)17)13(19)18-15(14(20)21)7-3-1-2-4-8-15/h5-6,9H,1-4,7-8,17H2,(H,18,19)(H,20,21). The van der Waals surface area contributed by atoms with Crippen molar-refractivity contribution in [1.82, 2.24) is 5.32 Å². The number of carboxylic acids is 1. The van der Waals surface area contributed by atoms with Crippen LogP contribution in [0.3, 0.4) is 0 Å². The van der Waals surface area contributed by atoms with Crippen LogP contribution in [0.1, 0.15) is 48.9 Å².